The highest BCUT2D eigenvalue weighted by molar-refractivity contribution is 5.93. The standard InChI is InChI=1S/C17H23N5O.C2HF3O2/c1-11(15(18)12-5-3-2-4-6-12)17(23)21-14-10-20-22-16(14)13-7-8-19-9-13;3-2(4,5)1(6)7/h2-6,10-11,13,15,19H,7-9,18H2,1H3,(H,20,22)(H,21,23);(H,6,7). The number of carboxylic acids is 1. The number of aromatic nitrogens is 2. The summed E-state index contributed by atoms with van der Waals surface area (Å²) in [6.45, 7) is 3.75. The van der Waals surface area contributed by atoms with Gasteiger partial charge in [0.15, 0.2) is 0 Å². The summed E-state index contributed by atoms with van der Waals surface area (Å²) in [5.41, 5.74) is 8.94. The normalized spacial score (nSPS) is 18.1. The summed E-state index contributed by atoms with van der Waals surface area (Å²) < 4.78 is 31.7. The summed E-state index contributed by atoms with van der Waals surface area (Å²) in [7, 11) is 0. The smallest absolute Gasteiger partial charge is 0.475 e. The van der Waals surface area contributed by atoms with Crippen molar-refractivity contribution in [1.29, 1.82) is 0 Å². The number of anilines is 1. The molecule has 0 saturated carbocycles. The third kappa shape index (κ3) is 6.29. The molecule has 1 aliphatic rings. The van der Waals surface area contributed by atoms with E-state index in [0.29, 0.717) is 5.92 Å². The van der Waals surface area contributed by atoms with E-state index in [1.54, 1.807) is 6.20 Å². The van der Waals surface area contributed by atoms with Crippen molar-refractivity contribution in [2.45, 2.75) is 31.5 Å². The molecule has 2 heterocycles. The zero-order chi connectivity index (χ0) is 22.3. The van der Waals surface area contributed by atoms with E-state index in [1.807, 2.05) is 37.3 Å². The topological polar surface area (TPSA) is 133 Å². The second kappa shape index (κ2) is 10.2. The molecule has 0 bridgehead atoms. The summed E-state index contributed by atoms with van der Waals surface area (Å²) >= 11 is 0. The molecule has 2 aromatic rings. The van der Waals surface area contributed by atoms with Gasteiger partial charge in [0.25, 0.3) is 0 Å². The van der Waals surface area contributed by atoms with Crippen LogP contribution in [0.2, 0.25) is 0 Å². The minimum atomic E-state index is -5.08. The predicted octanol–water partition coefficient (Wildman–Crippen LogP) is 2.39. The van der Waals surface area contributed by atoms with Gasteiger partial charge in [-0.05, 0) is 18.5 Å². The highest BCUT2D eigenvalue weighted by Crippen LogP contribution is 2.28. The number of halogens is 3. The average Bonchev–Trinajstić information content (AvgIpc) is 3.38. The molecule has 6 N–H and O–H groups in total. The molecule has 11 heteroatoms. The van der Waals surface area contributed by atoms with Crippen molar-refractivity contribution < 1.29 is 27.9 Å². The van der Waals surface area contributed by atoms with Crippen molar-refractivity contribution in [2.24, 2.45) is 11.7 Å². The Kier molecular flexibility index (Phi) is 7.95. The van der Waals surface area contributed by atoms with Gasteiger partial charge in [-0.25, -0.2) is 4.79 Å². The summed E-state index contributed by atoms with van der Waals surface area (Å²) in [4.78, 5) is 21.4. The second-order valence-corrected chi connectivity index (χ2v) is 6.90. The molecule has 3 unspecified atom stereocenters. The Hall–Kier alpha value is -2.92. The number of rotatable bonds is 5. The molecule has 1 saturated heterocycles. The van der Waals surface area contributed by atoms with E-state index >= 15 is 0 Å². The molecule has 1 fully saturated rings. The molecule has 164 valence electrons. The highest BCUT2D eigenvalue weighted by atomic mass is 19.4. The predicted molar refractivity (Wildman–Crippen MR) is 104 cm³/mol. The number of aromatic amines is 1. The Balaban J connectivity index is 0.000000396. The molecule has 8 nitrogen and oxygen atoms in total. The van der Waals surface area contributed by atoms with Crippen molar-refractivity contribution in [3.63, 3.8) is 0 Å². The number of alkyl halides is 3. The molecular formula is C19H24F3N5O3. The number of hydrogen-bond donors (Lipinski definition) is 5. The fourth-order valence-corrected chi connectivity index (χ4v) is 2.98. The van der Waals surface area contributed by atoms with E-state index in [-0.39, 0.29) is 17.9 Å². The Morgan fingerprint density at radius 2 is 1.93 bits per heavy atom. The van der Waals surface area contributed by atoms with Crippen molar-refractivity contribution in [1.82, 2.24) is 15.5 Å². The molecular weight excluding hydrogens is 403 g/mol. The van der Waals surface area contributed by atoms with Crippen LogP contribution in [0.5, 0.6) is 0 Å². The van der Waals surface area contributed by atoms with Crippen LogP contribution in [0.1, 0.15) is 36.6 Å². The quantitative estimate of drug-likeness (QED) is 0.498. The molecule has 0 spiro atoms. The van der Waals surface area contributed by atoms with Crippen LogP contribution in [-0.4, -0.2) is 46.4 Å². The van der Waals surface area contributed by atoms with Gasteiger partial charge >= 0.3 is 12.1 Å². The van der Waals surface area contributed by atoms with Crippen molar-refractivity contribution >= 4 is 17.6 Å². The van der Waals surface area contributed by atoms with E-state index in [9.17, 15) is 18.0 Å². The first-order valence-corrected chi connectivity index (χ1v) is 9.26. The number of H-pyrrole nitrogens is 1. The van der Waals surface area contributed by atoms with Crippen LogP contribution in [0.25, 0.3) is 0 Å². The first-order valence-electron chi connectivity index (χ1n) is 9.26. The molecule has 1 aromatic carbocycles. The van der Waals surface area contributed by atoms with Crippen LogP contribution in [0.4, 0.5) is 18.9 Å². The number of carbonyl (C=O) groups is 2. The fraction of sp³-hybridized carbons (Fsp3) is 0.421. The summed E-state index contributed by atoms with van der Waals surface area (Å²) in [5, 5.41) is 20.5. The zero-order valence-electron chi connectivity index (χ0n) is 16.2. The van der Waals surface area contributed by atoms with E-state index in [1.165, 1.54) is 0 Å². The Bertz CT molecular complexity index is 835. The summed E-state index contributed by atoms with van der Waals surface area (Å²) in [6.07, 6.45) is -2.36. The largest absolute Gasteiger partial charge is 0.490 e. The zero-order valence-corrected chi connectivity index (χ0v) is 16.2. The molecule has 3 rings (SSSR count). The lowest BCUT2D eigenvalue weighted by molar-refractivity contribution is -0.192. The van der Waals surface area contributed by atoms with E-state index < -0.39 is 12.1 Å². The number of nitrogens with one attached hydrogen (secondary N) is 3. The van der Waals surface area contributed by atoms with Crippen LogP contribution < -0.4 is 16.4 Å². The van der Waals surface area contributed by atoms with Gasteiger partial charge in [0.05, 0.1) is 23.5 Å². The van der Waals surface area contributed by atoms with Crippen LogP contribution in [0.15, 0.2) is 36.5 Å². The first-order chi connectivity index (χ1) is 14.1. The first kappa shape index (κ1) is 23.4. The van der Waals surface area contributed by atoms with Crippen LogP contribution in [0.3, 0.4) is 0 Å². The van der Waals surface area contributed by atoms with Crippen molar-refractivity contribution in [2.75, 3.05) is 18.4 Å². The number of carboxylic acid groups (broad SMARTS) is 1. The summed E-state index contributed by atoms with van der Waals surface area (Å²) in [5.74, 6) is -2.81. The lowest BCUT2D eigenvalue weighted by atomic mass is 9.94. The number of carbonyl (C=O) groups excluding carboxylic acids is 1. The van der Waals surface area contributed by atoms with Gasteiger partial charge in [-0.3, -0.25) is 9.89 Å². The van der Waals surface area contributed by atoms with E-state index in [0.717, 1.165) is 36.5 Å². The number of nitrogens with two attached hydrogens (primary N) is 1. The van der Waals surface area contributed by atoms with Gasteiger partial charge < -0.3 is 21.5 Å². The van der Waals surface area contributed by atoms with E-state index in [4.69, 9.17) is 15.6 Å². The summed E-state index contributed by atoms with van der Waals surface area (Å²) in [6, 6.07) is 9.36. The fourth-order valence-electron chi connectivity index (χ4n) is 2.98. The number of benzene rings is 1. The minimum Gasteiger partial charge on any atom is -0.475 e. The van der Waals surface area contributed by atoms with Gasteiger partial charge in [0.1, 0.15) is 0 Å². The third-order valence-electron chi connectivity index (χ3n) is 4.77. The maximum atomic E-state index is 12.5. The number of nitrogens with zero attached hydrogens (tertiary/aromatic N) is 1. The Morgan fingerprint density at radius 3 is 2.47 bits per heavy atom. The van der Waals surface area contributed by atoms with Gasteiger partial charge in [-0.15, -0.1) is 0 Å². The molecule has 1 amide bonds. The van der Waals surface area contributed by atoms with Gasteiger partial charge in [-0.2, -0.15) is 18.3 Å². The minimum absolute atomic E-state index is 0.0880. The average molecular weight is 427 g/mol. The van der Waals surface area contributed by atoms with Crippen molar-refractivity contribution in [3.05, 3.63) is 47.8 Å². The lowest BCUT2D eigenvalue weighted by Crippen LogP contribution is -2.30. The molecule has 1 aromatic heterocycles. The Labute approximate surface area is 171 Å². The van der Waals surface area contributed by atoms with Gasteiger partial charge in [0.2, 0.25) is 5.91 Å². The number of aliphatic carboxylic acids is 1. The molecule has 0 radical (unpaired) electrons. The molecule has 3 atom stereocenters. The Morgan fingerprint density at radius 1 is 1.30 bits per heavy atom. The van der Waals surface area contributed by atoms with E-state index in [2.05, 4.69) is 20.8 Å². The van der Waals surface area contributed by atoms with Gasteiger partial charge in [-0.1, -0.05) is 37.3 Å². The maximum absolute atomic E-state index is 12.5. The highest BCUT2D eigenvalue weighted by Gasteiger charge is 2.38. The SMILES string of the molecule is CC(C(=O)Nc1cn[nH]c1C1CCNC1)C(N)c1ccccc1.O=C(O)C(F)(F)F. The number of amides is 1. The third-order valence-corrected chi connectivity index (χ3v) is 4.77. The lowest BCUT2D eigenvalue weighted by Gasteiger charge is -2.20. The van der Waals surface area contributed by atoms with Crippen LogP contribution >= 0.6 is 0 Å². The monoisotopic (exact) mass is 427 g/mol. The number of hydrogen-bond acceptors (Lipinski definition) is 5. The molecule has 30 heavy (non-hydrogen) atoms. The molecule has 1 aliphatic heterocycles. The second-order valence-electron chi connectivity index (χ2n) is 6.90. The van der Waals surface area contributed by atoms with Crippen LogP contribution in [-0.2, 0) is 9.59 Å². The van der Waals surface area contributed by atoms with Crippen molar-refractivity contribution in [3.8, 4) is 0 Å². The molecule has 0 aliphatic carbocycles. The van der Waals surface area contributed by atoms with Gasteiger partial charge in [0, 0.05) is 18.5 Å². The van der Waals surface area contributed by atoms with Crippen LogP contribution in [0, 0.1) is 5.92 Å². The maximum Gasteiger partial charge on any atom is 0.490 e.